The number of esters is 1. The lowest BCUT2D eigenvalue weighted by molar-refractivity contribution is -0.0862. The number of benzene rings is 3. The second kappa shape index (κ2) is 10.6. The van der Waals surface area contributed by atoms with E-state index in [0.29, 0.717) is 10.4 Å². The van der Waals surface area contributed by atoms with Crippen LogP contribution in [-0.2, 0) is 25.4 Å². The normalized spacial score (nSPS) is 15.2. The van der Waals surface area contributed by atoms with E-state index in [1.807, 2.05) is 13.1 Å². The van der Waals surface area contributed by atoms with Crippen molar-refractivity contribution in [1.82, 2.24) is 0 Å². The molecule has 3 aromatic rings. The molecule has 230 valence electrons. The van der Waals surface area contributed by atoms with Crippen LogP contribution < -0.4 is 21.0 Å². The zero-order valence-electron chi connectivity index (χ0n) is 23.5. The number of carbonyl (C=O) groups excluding carboxylic acids is 1. The van der Waals surface area contributed by atoms with Crippen molar-refractivity contribution in [2.24, 2.45) is 0 Å². The van der Waals surface area contributed by atoms with Gasteiger partial charge in [0.1, 0.15) is 38.4 Å². The molecule has 2 aliphatic heterocycles. The maximum absolute atomic E-state index is 17.0. The van der Waals surface area contributed by atoms with Crippen molar-refractivity contribution < 1.29 is 52.0 Å². The molecule has 0 saturated heterocycles. The van der Waals surface area contributed by atoms with Crippen LogP contribution in [0.25, 0.3) is 0 Å². The molecule has 0 saturated carbocycles. The summed E-state index contributed by atoms with van der Waals surface area (Å²) in [4.78, 5) is 36.3. The van der Waals surface area contributed by atoms with Crippen LogP contribution >= 0.6 is 0 Å². The van der Waals surface area contributed by atoms with Crippen molar-refractivity contribution in [3.63, 3.8) is 0 Å². The topological polar surface area (TPSA) is 191 Å². The molecule has 2 amide bonds. The zero-order valence-corrected chi connectivity index (χ0v) is 24.5. The van der Waals surface area contributed by atoms with Gasteiger partial charge in [0.25, 0.3) is 5.60 Å². The smallest absolute Gasteiger partial charge is 0.409 e. The molecule has 2 heterocycles. The fraction of sp³-hybridized carbons (Fsp3) is 0.207. The fourth-order valence-electron chi connectivity index (χ4n) is 5.96. The number of rotatable bonds is 6. The summed E-state index contributed by atoms with van der Waals surface area (Å²) in [5.41, 5.74) is -8.58. The molecule has 0 aromatic heterocycles. The number of halogens is 3. The molecule has 0 bridgehead atoms. The van der Waals surface area contributed by atoms with Crippen molar-refractivity contribution in [1.29, 1.82) is 10.5 Å². The Bertz CT molecular complexity index is 1840. The minimum absolute atomic E-state index is 0.0711. The molecule has 3 aromatic carbocycles. The first-order chi connectivity index (χ1) is 21.2. The molecule has 1 spiro atoms. The summed E-state index contributed by atoms with van der Waals surface area (Å²) in [5, 5.41) is 43.5. The first kappa shape index (κ1) is 31.0. The summed E-state index contributed by atoms with van der Waals surface area (Å²) in [6.07, 6.45) is -2.81. The van der Waals surface area contributed by atoms with Crippen LogP contribution in [-0.4, -0.2) is 50.3 Å². The number of nitriles is 2. The third-order valence-corrected chi connectivity index (χ3v) is 11.4. The monoisotopic (exact) mass is 638 g/mol. The van der Waals surface area contributed by atoms with E-state index in [-0.39, 0.29) is 22.5 Å². The molecule has 4 N–H and O–H groups in total. The average molecular weight is 639 g/mol. The predicted molar refractivity (Wildman–Crippen MR) is 150 cm³/mol. The van der Waals surface area contributed by atoms with Gasteiger partial charge >= 0.3 is 18.2 Å². The van der Waals surface area contributed by atoms with Gasteiger partial charge in [0.2, 0.25) is 0 Å². The van der Waals surface area contributed by atoms with Crippen LogP contribution in [0.3, 0.4) is 0 Å². The first-order valence-corrected chi connectivity index (χ1v) is 15.9. The molecule has 0 atom stereocenters. The number of carbonyl (C=O) groups is 3. The Morgan fingerprint density at radius 3 is 1.91 bits per heavy atom. The van der Waals surface area contributed by atoms with Crippen molar-refractivity contribution in [2.45, 2.75) is 24.3 Å². The van der Waals surface area contributed by atoms with Crippen molar-refractivity contribution in [2.75, 3.05) is 24.5 Å². The summed E-state index contributed by atoms with van der Waals surface area (Å²) in [6.45, 7) is 2.82. The quantitative estimate of drug-likeness (QED) is 0.134. The van der Waals surface area contributed by atoms with Crippen molar-refractivity contribution >= 4 is 48.0 Å². The predicted octanol–water partition coefficient (Wildman–Crippen LogP) is 3.74. The van der Waals surface area contributed by atoms with Gasteiger partial charge in [0.15, 0.2) is 17.2 Å². The van der Waals surface area contributed by atoms with E-state index in [4.69, 9.17) is 14.2 Å². The minimum Gasteiger partial charge on any atom is -0.465 e. The molecule has 45 heavy (non-hydrogen) atoms. The van der Waals surface area contributed by atoms with Gasteiger partial charge < -0.3 is 24.4 Å². The minimum atomic E-state index is -3.08. The van der Waals surface area contributed by atoms with E-state index < -0.39 is 78.4 Å². The second-order valence-electron chi connectivity index (χ2n) is 10.6. The molecule has 0 aliphatic carbocycles. The van der Waals surface area contributed by atoms with Crippen LogP contribution in [0.15, 0.2) is 36.4 Å². The van der Waals surface area contributed by atoms with E-state index in [2.05, 4.69) is 10.6 Å². The number of ether oxygens (including phenoxy) is 3. The molecule has 5 rings (SSSR count). The Balaban J connectivity index is 1.96. The summed E-state index contributed by atoms with van der Waals surface area (Å²) in [5.74, 6) is -7.10. The summed E-state index contributed by atoms with van der Waals surface area (Å²) in [7, 11) is -1.94. The van der Waals surface area contributed by atoms with Gasteiger partial charge in [0.05, 0.1) is 11.1 Å². The van der Waals surface area contributed by atoms with Gasteiger partial charge in [-0.05, 0) is 34.6 Å². The molecule has 12 nitrogen and oxygen atoms in total. The van der Waals surface area contributed by atoms with Gasteiger partial charge in [0, 0.05) is 29.6 Å². The number of fused-ring (bicyclic) bond motifs is 6. The highest BCUT2D eigenvalue weighted by atomic mass is 28.3. The highest BCUT2D eigenvalue weighted by Crippen LogP contribution is 2.52. The van der Waals surface area contributed by atoms with E-state index in [9.17, 15) is 35.1 Å². The molecular formula is C29H21F3N4O8Si. The highest BCUT2D eigenvalue weighted by Gasteiger charge is 2.60. The number of hydrogen-bond donors (Lipinski definition) is 4. The van der Waals surface area contributed by atoms with Gasteiger partial charge in [-0.15, -0.1) is 0 Å². The number of nitrogens with one attached hydrogen (secondary N) is 2. The lowest BCUT2D eigenvalue weighted by Crippen LogP contribution is -2.63. The Morgan fingerprint density at radius 2 is 1.47 bits per heavy atom. The summed E-state index contributed by atoms with van der Waals surface area (Å²) >= 11 is 0. The third-order valence-electron chi connectivity index (χ3n) is 7.83. The maximum atomic E-state index is 17.0. The second-order valence-corrected chi connectivity index (χ2v) is 14.9. The molecule has 16 heteroatoms. The number of carboxylic acid groups (broad SMARTS) is 2. The molecule has 0 fully saturated rings. The highest BCUT2D eigenvalue weighted by molar-refractivity contribution is 7.01. The molecule has 2 aliphatic rings. The largest absolute Gasteiger partial charge is 0.465 e. The van der Waals surface area contributed by atoms with E-state index >= 15 is 13.2 Å². The summed E-state index contributed by atoms with van der Waals surface area (Å²) < 4.78 is 64.1. The Labute approximate surface area is 253 Å². The Morgan fingerprint density at radius 1 is 0.956 bits per heavy atom. The van der Waals surface area contributed by atoms with E-state index in [1.54, 1.807) is 0 Å². The van der Waals surface area contributed by atoms with Crippen LogP contribution in [0.5, 0.6) is 0 Å². The number of amides is 2. The van der Waals surface area contributed by atoms with Crippen molar-refractivity contribution in [3.8, 4) is 12.1 Å². The van der Waals surface area contributed by atoms with Gasteiger partial charge in [-0.25, -0.2) is 27.6 Å². The fourth-order valence-corrected chi connectivity index (χ4v) is 9.15. The number of nitrogens with zero attached hydrogens (tertiary/aromatic N) is 2. The van der Waals surface area contributed by atoms with Gasteiger partial charge in [-0.1, -0.05) is 25.2 Å². The average Bonchev–Trinajstić information content (AvgIpc) is 3.30. The van der Waals surface area contributed by atoms with Crippen molar-refractivity contribution in [3.05, 3.63) is 81.7 Å². The Hall–Kier alpha value is -5.42. The number of methoxy groups -OCH3 is 1. The lowest BCUT2D eigenvalue weighted by Gasteiger charge is -2.44. The van der Waals surface area contributed by atoms with E-state index in [0.717, 1.165) is 7.11 Å². The van der Waals surface area contributed by atoms with E-state index in [1.165, 1.54) is 48.5 Å². The van der Waals surface area contributed by atoms with Crippen LogP contribution in [0, 0.1) is 40.1 Å². The summed E-state index contributed by atoms with van der Waals surface area (Å²) in [6, 6.07) is 10.9. The lowest BCUT2D eigenvalue weighted by atomic mass is 9.76. The number of hydrogen-bond acceptors (Lipinski definition) is 8. The maximum Gasteiger partial charge on any atom is 0.409 e. The Kier molecular flexibility index (Phi) is 7.33. The molecule has 0 radical (unpaired) electrons. The first-order valence-electron chi connectivity index (χ1n) is 12.9. The van der Waals surface area contributed by atoms with Crippen LogP contribution in [0.2, 0.25) is 13.1 Å². The van der Waals surface area contributed by atoms with Crippen LogP contribution in [0.4, 0.5) is 34.1 Å². The molecular weight excluding hydrogens is 617 g/mol. The van der Waals surface area contributed by atoms with Crippen LogP contribution in [0.1, 0.15) is 32.6 Å². The zero-order chi connectivity index (χ0) is 33.1. The third kappa shape index (κ3) is 4.38. The van der Waals surface area contributed by atoms with Gasteiger partial charge in [-0.3, -0.25) is 10.6 Å². The van der Waals surface area contributed by atoms with Gasteiger partial charge in [-0.2, -0.15) is 10.5 Å². The standard InChI is InChI=1S/C29H21F3N4O8Si/c1-42-12-43-28(10-33,11-34)21-23(31)20-19(22(30)24(21)32)25(37)44-29(20)15-6-4-13(35-26(38)39)8-17(15)45(2,3)18-9-14(36-27(40)41)5-7-16(18)29/h4-9,35-36H,12H2,1-3H3,(H,38,39)(H,40,41). The SMILES string of the molecule is COCOC(C#N)(C#N)c1c(F)c(F)c2c(c1F)C1(OC2=O)c2ccc(NC(=O)O)cc2[Si](C)(C)c2cc(NC(=O)O)ccc21. The number of anilines is 2. The molecule has 0 unspecified atom stereocenters.